The van der Waals surface area contributed by atoms with Gasteiger partial charge in [0, 0.05) is 61.5 Å². The number of halogens is 2. The topological polar surface area (TPSA) is 90.3 Å². The standard InChI is InChI=1S/C38H52Cl2N10S2/c1-27-35(39)37(45-29(3)43-27)49(25-31-33(51-5)13-11-15-41-31)19-9-7-17-47-21-23-48(24-22-47)18-8-10-20-50(26-32-34(52-6)14-12-16-42-32)38-36(40)28(2)44-30(4)46-38/h11-16H,7-10,17-26H2,1-6H3. The average molecular weight is 784 g/mol. The molecule has 5 heterocycles. The molecular weight excluding hydrogens is 732 g/mol. The van der Waals surface area contributed by atoms with Crippen molar-refractivity contribution in [3.8, 4) is 0 Å². The van der Waals surface area contributed by atoms with Crippen molar-refractivity contribution in [2.45, 2.75) is 76.3 Å². The van der Waals surface area contributed by atoms with E-state index >= 15 is 0 Å². The lowest BCUT2D eigenvalue weighted by molar-refractivity contribution is 0.129. The van der Waals surface area contributed by atoms with Crippen molar-refractivity contribution in [3.05, 3.63) is 81.1 Å². The van der Waals surface area contributed by atoms with Gasteiger partial charge in [0.05, 0.1) is 35.9 Å². The maximum Gasteiger partial charge on any atom is 0.151 e. The molecule has 1 fully saturated rings. The number of hydrogen-bond donors (Lipinski definition) is 0. The number of aromatic nitrogens is 6. The van der Waals surface area contributed by atoms with E-state index in [1.54, 1.807) is 23.5 Å². The fraction of sp³-hybridized carbons (Fsp3) is 0.526. The predicted octanol–water partition coefficient (Wildman–Crippen LogP) is 7.93. The molecule has 0 N–H and O–H groups in total. The van der Waals surface area contributed by atoms with Crippen molar-refractivity contribution >= 4 is 58.4 Å². The molecule has 0 aliphatic carbocycles. The molecule has 0 aromatic carbocycles. The monoisotopic (exact) mass is 782 g/mol. The summed E-state index contributed by atoms with van der Waals surface area (Å²) in [6.45, 7) is 17.4. The van der Waals surface area contributed by atoms with Crippen molar-refractivity contribution in [2.75, 3.05) is 74.7 Å². The normalized spacial score (nSPS) is 13.8. The van der Waals surface area contributed by atoms with Crippen LogP contribution in [0.1, 0.15) is 60.1 Å². The highest BCUT2D eigenvalue weighted by Gasteiger charge is 2.21. The van der Waals surface area contributed by atoms with Crippen LogP contribution in [0.3, 0.4) is 0 Å². The van der Waals surface area contributed by atoms with Crippen LogP contribution < -0.4 is 9.80 Å². The van der Waals surface area contributed by atoms with E-state index in [0.29, 0.717) is 23.1 Å². The van der Waals surface area contributed by atoms with E-state index in [-0.39, 0.29) is 0 Å². The Morgan fingerprint density at radius 1 is 0.615 bits per heavy atom. The summed E-state index contributed by atoms with van der Waals surface area (Å²) < 4.78 is 0. The van der Waals surface area contributed by atoms with Crippen LogP contribution in [0.5, 0.6) is 0 Å². The molecule has 5 rings (SSSR count). The molecule has 1 saturated heterocycles. The minimum absolute atomic E-state index is 0.622. The third kappa shape index (κ3) is 11.1. The molecule has 0 bridgehead atoms. The minimum Gasteiger partial charge on any atom is -0.349 e. The second-order valence-corrected chi connectivity index (χ2v) is 15.7. The van der Waals surface area contributed by atoms with Crippen LogP contribution in [-0.2, 0) is 13.1 Å². The second-order valence-electron chi connectivity index (χ2n) is 13.2. The first-order valence-corrected chi connectivity index (χ1v) is 21.3. The largest absolute Gasteiger partial charge is 0.349 e. The van der Waals surface area contributed by atoms with E-state index < -0.39 is 0 Å². The zero-order valence-corrected chi connectivity index (χ0v) is 34.6. The smallest absolute Gasteiger partial charge is 0.151 e. The summed E-state index contributed by atoms with van der Waals surface area (Å²) >= 11 is 17.0. The molecule has 1 aliphatic heterocycles. The van der Waals surface area contributed by atoms with Gasteiger partial charge in [-0.1, -0.05) is 23.2 Å². The summed E-state index contributed by atoms with van der Waals surface area (Å²) in [6, 6.07) is 8.23. The maximum absolute atomic E-state index is 6.78. The van der Waals surface area contributed by atoms with Gasteiger partial charge >= 0.3 is 0 Å². The van der Waals surface area contributed by atoms with Gasteiger partial charge in [-0.05, 0) is 103 Å². The fourth-order valence-electron chi connectivity index (χ4n) is 6.63. The van der Waals surface area contributed by atoms with E-state index in [9.17, 15) is 0 Å². The Kier molecular flexibility index (Phi) is 15.6. The number of anilines is 2. The Balaban J connectivity index is 1.09. The van der Waals surface area contributed by atoms with Crippen LogP contribution in [0.4, 0.5) is 11.6 Å². The Bertz CT molecular complexity index is 1630. The van der Waals surface area contributed by atoms with Gasteiger partial charge in [0.2, 0.25) is 0 Å². The Hall–Kier alpha value is -2.74. The van der Waals surface area contributed by atoms with Gasteiger partial charge in [-0.15, -0.1) is 23.5 Å². The third-order valence-corrected chi connectivity index (χ3v) is 11.9. The van der Waals surface area contributed by atoms with Gasteiger partial charge < -0.3 is 19.6 Å². The van der Waals surface area contributed by atoms with Crippen molar-refractivity contribution in [3.63, 3.8) is 0 Å². The highest BCUT2D eigenvalue weighted by atomic mass is 35.5. The SMILES string of the molecule is CSc1cccnc1CN(CCCCN1CCN(CCCCN(Cc2ncccc2SC)c2nc(C)nc(C)c2Cl)CC1)c1nc(C)nc(C)c1Cl. The molecule has 52 heavy (non-hydrogen) atoms. The second kappa shape index (κ2) is 20.1. The summed E-state index contributed by atoms with van der Waals surface area (Å²) in [4.78, 5) is 40.0. The summed E-state index contributed by atoms with van der Waals surface area (Å²) in [5.41, 5.74) is 3.71. The Morgan fingerprint density at radius 3 is 1.40 bits per heavy atom. The number of nitrogens with zero attached hydrogens (tertiary/aromatic N) is 10. The van der Waals surface area contributed by atoms with Gasteiger partial charge in [-0.2, -0.15) is 0 Å². The van der Waals surface area contributed by atoms with Gasteiger partial charge in [0.15, 0.2) is 11.6 Å². The molecule has 0 atom stereocenters. The van der Waals surface area contributed by atoms with E-state index in [0.717, 1.165) is 124 Å². The lowest BCUT2D eigenvalue weighted by Gasteiger charge is -2.35. The fourth-order valence-corrected chi connectivity index (χ4v) is 8.17. The lowest BCUT2D eigenvalue weighted by atomic mass is 10.2. The molecule has 0 amide bonds. The molecule has 280 valence electrons. The quantitative estimate of drug-likeness (QED) is 0.0726. The van der Waals surface area contributed by atoms with E-state index in [1.165, 1.54) is 9.79 Å². The maximum atomic E-state index is 6.78. The third-order valence-electron chi connectivity index (χ3n) is 9.41. The van der Waals surface area contributed by atoms with Gasteiger partial charge in [-0.3, -0.25) is 9.97 Å². The van der Waals surface area contributed by atoms with Crippen LogP contribution in [0, 0.1) is 27.7 Å². The van der Waals surface area contributed by atoms with Gasteiger partial charge in [0.25, 0.3) is 0 Å². The predicted molar refractivity (Wildman–Crippen MR) is 219 cm³/mol. The molecule has 0 saturated carbocycles. The molecule has 14 heteroatoms. The van der Waals surface area contributed by atoms with E-state index in [4.69, 9.17) is 43.1 Å². The first kappa shape index (κ1) is 40.4. The number of aryl methyl sites for hydroxylation is 4. The van der Waals surface area contributed by atoms with Crippen LogP contribution in [-0.4, -0.2) is 105 Å². The van der Waals surface area contributed by atoms with Crippen molar-refractivity contribution in [1.29, 1.82) is 0 Å². The molecule has 0 unspecified atom stereocenters. The van der Waals surface area contributed by atoms with Crippen LogP contribution in [0.2, 0.25) is 10.0 Å². The first-order chi connectivity index (χ1) is 25.2. The first-order valence-electron chi connectivity index (χ1n) is 18.1. The molecule has 4 aromatic rings. The van der Waals surface area contributed by atoms with Crippen LogP contribution in [0.25, 0.3) is 0 Å². The van der Waals surface area contributed by atoms with Crippen LogP contribution in [0.15, 0.2) is 46.5 Å². The number of thioether (sulfide) groups is 2. The summed E-state index contributed by atoms with van der Waals surface area (Å²) in [7, 11) is 0. The molecule has 0 radical (unpaired) electrons. The summed E-state index contributed by atoms with van der Waals surface area (Å²) in [5, 5.41) is 1.24. The van der Waals surface area contributed by atoms with Crippen molar-refractivity contribution in [1.82, 2.24) is 39.7 Å². The summed E-state index contributed by atoms with van der Waals surface area (Å²) in [5.74, 6) is 3.07. The van der Waals surface area contributed by atoms with E-state index in [1.807, 2.05) is 52.2 Å². The highest BCUT2D eigenvalue weighted by molar-refractivity contribution is 7.98. The summed E-state index contributed by atoms with van der Waals surface area (Å²) in [6.07, 6.45) is 12.2. The number of piperazine rings is 1. The molecule has 0 spiro atoms. The van der Waals surface area contributed by atoms with Crippen molar-refractivity contribution in [2.24, 2.45) is 0 Å². The van der Waals surface area contributed by atoms with Crippen LogP contribution >= 0.6 is 46.7 Å². The molecular formula is C38H52Cl2N10S2. The van der Waals surface area contributed by atoms with Crippen molar-refractivity contribution < 1.29 is 0 Å². The minimum atomic E-state index is 0.622. The average Bonchev–Trinajstić information content (AvgIpc) is 3.14. The number of rotatable bonds is 18. The number of hydrogen-bond acceptors (Lipinski definition) is 12. The lowest BCUT2D eigenvalue weighted by Crippen LogP contribution is -2.46. The molecule has 1 aliphatic rings. The highest BCUT2D eigenvalue weighted by Crippen LogP contribution is 2.31. The Labute approximate surface area is 328 Å². The van der Waals surface area contributed by atoms with Gasteiger partial charge in [-0.25, -0.2) is 19.9 Å². The zero-order valence-electron chi connectivity index (χ0n) is 31.4. The Morgan fingerprint density at radius 2 is 1.02 bits per heavy atom. The zero-order chi connectivity index (χ0) is 37.0. The van der Waals surface area contributed by atoms with Gasteiger partial charge in [0.1, 0.15) is 21.7 Å². The number of unbranched alkanes of at least 4 members (excludes halogenated alkanes) is 2. The molecule has 4 aromatic heterocycles. The number of pyridine rings is 2. The molecule has 10 nitrogen and oxygen atoms in total. The van der Waals surface area contributed by atoms with E-state index in [2.05, 4.69) is 54.2 Å².